The topological polar surface area (TPSA) is 69.9 Å². The fraction of sp³-hybridized carbons (Fsp3) is 0.0909. The van der Waals surface area contributed by atoms with E-state index in [1.54, 1.807) is 6.92 Å². The van der Waals surface area contributed by atoms with E-state index in [1.807, 2.05) is 0 Å². The van der Waals surface area contributed by atoms with Crippen molar-refractivity contribution in [1.82, 2.24) is 0 Å². The van der Waals surface area contributed by atoms with Gasteiger partial charge in [-0.25, -0.2) is 4.79 Å². The fourth-order valence-corrected chi connectivity index (χ4v) is 1.70. The first kappa shape index (κ1) is 13.5. The molecule has 0 heterocycles. The number of rotatable bonds is 3. The predicted octanol–water partition coefficient (Wildman–Crippen LogP) is 3.55. The Labute approximate surface area is 108 Å². The van der Waals surface area contributed by atoms with Gasteiger partial charge in [-0.15, -0.1) is 0 Å². The second-order valence-corrected chi connectivity index (χ2v) is 3.99. The zero-order valence-electron chi connectivity index (χ0n) is 8.82. The first-order chi connectivity index (χ1) is 7.97. The monoisotopic (exact) mass is 273 g/mol. The molecule has 4 nitrogen and oxygen atoms in total. The van der Waals surface area contributed by atoms with Gasteiger partial charge in [0.2, 0.25) is 0 Å². The summed E-state index contributed by atoms with van der Waals surface area (Å²) in [6.45, 7) is 1.57. The predicted molar refractivity (Wildman–Crippen MR) is 67.4 cm³/mol. The van der Waals surface area contributed by atoms with Gasteiger partial charge < -0.3 is 10.3 Å². The van der Waals surface area contributed by atoms with Crippen LogP contribution in [0.15, 0.2) is 23.4 Å². The molecular weight excluding hydrogens is 265 g/mol. The second-order valence-electron chi connectivity index (χ2n) is 3.20. The van der Waals surface area contributed by atoms with Crippen LogP contribution >= 0.6 is 23.2 Å². The van der Waals surface area contributed by atoms with Crippen LogP contribution in [0.2, 0.25) is 10.0 Å². The summed E-state index contributed by atoms with van der Waals surface area (Å²) in [7, 11) is 0. The summed E-state index contributed by atoms with van der Waals surface area (Å²) in [4.78, 5) is 10.9. The Morgan fingerprint density at radius 1 is 1.41 bits per heavy atom. The van der Waals surface area contributed by atoms with Gasteiger partial charge in [0, 0.05) is 10.6 Å². The van der Waals surface area contributed by atoms with E-state index < -0.39 is 5.97 Å². The lowest BCUT2D eigenvalue weighted by atomic mass is 10.1. The van der Waals surface area contributed by atoms with Crippen LogP contribution in [-0.4, -0.2) is 22.0 Å². The van der Waals surface area contributed by atoms with E-state index in [0.29, 0.717) is 16.3 Å². The highest BCUT2D eigenvalue weighted by Gasteiger charge is 2.13. The number of halogens is 2. The molecule has 0 saturated carbocycles. The van der Waals surface area contributed by atoms with E-state index >= 15 is 0 Å². The van der Waals surface area contributed by atoms with Crippen molar-refractivity contribution in [2.24, 2.45) is 5.16 Å². The Morgan fingerprint density at radius 3 is 2.59 bits per heavy atom. The van der Waals surface area contributed by atoms with Crippen molar-refractivity contribution in [2.75, 3.05) is 0 Å². The van der Waals surface area contributed by atoms with Gasteiger partial charge in [-0.05, 0) is 25.1 Å². The summed E-state index contributed by atoms with van der Waals surface area (Å²) in [6, 6.07) is 2.78. The molecule has 6 heteroatoms. The van der Waals surface area contributed by atoms with Crippen molar-refractivity contribution >= 4 is 41.0 Å². The van der Waals surface area contributed by atoms with Gasteiger partial charge in [-0.2, -0.15) is 0 Å². The molecule has 1 rings (SSSR count). The normalized spacial score (nSPS) is 12.1. The molecule has 0 unspecified atom stereocenters. The van der Waals surface area contributed by atoms with E-state index in [2.05, 4.69) is 5.16 Å². The highest BCUT2D eigenvalue weighted by molar-refractivity contribution is 6.39. The van der Waals surface area contributed by atoms with Crippen molar-refractivity contribution in [3.8, 4) is 0 Å². The summed E-state index contributed by atoms with van der Waals surface area (Å²) in [6.07, 6.45) is 2.96. The quantitative estimate of drug-likeness (QED) is 0.503. The molecule has 0 aromatic heterocycles. The van der Waals surface area contributed by atoms with E-state index in [0.717, 1.165) is 0 Å². The fourth-order valence-electron chi connectivity index (χ4n) is 1.12. The van der Waals surface area contributed by atoms with Gasteiger partial charge in [0.1, 0.15) is 0 Å². The molecule has 0 fully saturated rings. The molecule has 2 N–H and O–H groups in total. The number of carboxylic acids is 1. The zero-order chi connectivity index (χ0) is 13.0. The molecule has 1 aromatic rings. The van der Waals surface area contributed by atoms with Gasteiger partial charge >= 0.3 is 5.97 Å². The van der Waals surface area contributed by atoms with E-state index in [4.69, 9.17) is 33.5 Å². The maximum absolute atomic E-state index is 10.9. The van der Waals surface area contributed by atoms with Crippen LogP contribution in [0.4, 0.5) is 0 Å². The molecule has 0 radical (unpaired) electrons. The number of aromatic carboxylic acids is 1. The molecule has 17 heavy (non-hydrogen) atoms. The molecule has 1 aromatic carbocycles. The van der Waals surface area contributed by atoms with Gasteiger partial charge in [0.25, 0.3) is 0 Å². The Kier molecular flexibility index (Phi) is 4.54. The molecule has 0 aliphatic rings. The molecule has 0 amide bonds. The number of carbonyl (C=O) groups is 1. The average Bonchev–Trinajstić information content (AvgIpc) is 2.27. The zero-order valence-corrected chi connectivity index (χ0v) is 10.3. The summed E-state index contributed by atoms with van der Waals surface area (Å²) in [5, 5.41) is 20.7. The maximum atomic E-state index is 10.9. The smallest absolute Gasteiger partial charge is 0.337 e. The maximum Gasteiger partial charge on any atom is 0.337 e. The van der Waals surface area contributed by atoms with Gasteiger partial charge in [-0.1, -0.05) is 34.4 Å². The van der Waals surface area contributed by atoms with E-state index in [1.165, 1.54) is 24.3 Å². The van der Waals surface area contributed by atoms with Crippen molar-refractivity contribution in [2.45, 2.75) is 6.92 Å². The first-order valence-electron chi connectivity index (χ1n) is 4.55. The standard InChI is InChI=1S/C11H9Cl2NO3/c1-6(14-17)2-3-7-9(12)5-4-8(10(7)13)11(15)16/h2-5,17H,1H3,(H,15,16)/b3-2+,14-6-. The van der Waals surface area contributed by atoms with Crippen LogP contribution in [0, 0.1) is 0 Å². The molecule has 0 spiro atoms. The van der Waals surface area contributed by atoms with Crippen LogP contribution in [0.25, 0.3) is 6.08 Å². The Morgan fingerprint density at radius 2 is 2.06 bits per heavy atom. The minimum absolute atomic E-state index is 0.0330. The Balaban J connectivity index is 3.28. The number of carboxylic acid groups (broad SMARTS) is 1. The van der Waals surface area contributed by atoms with Crippen molar-refractivity contribution in [1.29, 1.82) is 0 Å². The SMILES string of the molecule is CC(/C=C/c1c(Cl)ccc(C(=O)O)c1Cl)=N/O. The summed E-state index contributed by atoms with van der Waals surface area (Å²) < 4.78 is 0. The van der Waals surface area contributed by atoms with Crippen LogP contribution < -0.4 is 0 Å². The largest absolute Gasteiger partial charge is 0.478 e. The molecule has 90 valence electrons. The number of hydrogen-bond acceptors (Lipinski definition) is 3. The van der Waals surface area contributed by atoms with Crippen LogP contribution in [-0.2, 0) is 0 Å². The van der Waals surface area contributed by atoms with Crippen LogP contribution in [0.3, 0.4) is 0 Å². The summed E-state index contributed by atoms with van der Waals surface area (Å²) >= 11 is 11.8. The molecule has 0 atom stereocenters. The number of nitrogens with zero attached hydrogens (tertiary/aromatic N) is 1. The molecule has 0 aliphatic carbocycles. The average molecular weight is 274 g/mol. The summed E-state index contributed by atoms with van der Waals surface area (Å²) in [5.41, 5.74) is 0.684. The van der Waals surface area contributed by atoms with Crippen molar-refractivity contribution < 1.29 is 15.1 Å². The minimum Gasteiger partial charge on any atom is -0.478 e. The van der Waals surface area contributed by atoms with Crippen molar-refractivity contribution in [3.63, 3.8) is 0 Å². The lowest BCUT2D eigenvalue weighted by Crippen LogP contribution is -1.98. The van der Waals surface area contributed by atoms with Crippen LogP contribution in [0.1, 0.15) is 22.8 Å². The van der Waals surface area contributed by atoms with Gasteiger partial charge in [0.05, 0.1) is 16.3 Å². The third-order valence-corrected chi connectivity index (χ3v) is 2.74. The van der Waals surface area contributed by atoms with Gasteiger partial charge in [-0.3, -0.25) is 0 Å². The van der Waals surface area contributed by atoms with Crippen LogP contribution in [0.5, 0.6) is 0 Å². The molecular formula is C11H9Cl2NO3. The third kappa shape index (κ3) is 3.22. The van der Waals surface area contributed by atoms with Gasteiger partial charge in [0.15, 0.2) is 0 Å². The van der Waals surface area contributed by atoms with Crippen molar-refractivity contribution in [3.05, 3.63) is 39.4 Å². The minimum atomic E-state index is -1.13. The number of hydrogen-bond donors (Lipinski definition) is 2. The number of benzene rings is 1. The molecule has 0 aliphatic heterocycles. The highest BCUT2D eigenvalue weighted by atomic mass is 35.5. The highest BCUT2D eigenvalue weighted by Crippen LogP contribution is 2.29. The number of allylic oxidation sites excluding steroid dienone is 1. The first-order valence-corrected chi connectivity index (χ1v) is 5.31. The molecule has 0 bridgehead atoms. The van der Waals surface area contributed by atoms with E-state index in [9.17, 15) is 4.79 Å². The lowest BCUT2D eigenvalue weighted by molar-refractivity contribution is 0.0697. The Bertz CT molecular complexity index is 510. The molecule has 0 saturated heterocycles. The van der Waals surface area contributed by atoms with E-state index in [-0.39, 0.29) is 10.6 Å². The lowest BCUT2D eigenvalue weighted by Gasteiger charge is -2.05. The third-order valence-electron chi connectivity index (χ3n) is 2.01. The second kappa shape index (κ2) is 5.70. The summed E-state index contributed by atoms with van der Waals surface area (Å²) in [5.74, 6) is -1.13. The Hall–Kier alpha value is -1.52. The number of oxime groups is 1.